The number of hydrogen-bond donors (Lipinski definition) is 1. The van der Waals surface area contributed by atoms with Crippen LogP contribution in [-0.2, 0) is 16.1 Å². The molecule has 0 fully saturated rings. The molecular formula is C21H25BrN2O4. The van der Waals surface area contributed by atoms with Gasteiger partial charge in [0, 0.05) is 17.6 Å². The van der Waals surface area contributed by atoms with E-state index in [0.717, 1.165) is 15.8 Å². The van der Waals surface area contributed by atoms with Crippen molar-refractivity contribution in [2.24, 2.45) is 0 Å². The van der Waals surface area contributed by atoms with Gasteiger partial charge in [-0.3, -0.25) is 9.59 Å². The van der Waals surface area contributed by atoms with E-state index in [1.54, 1.807) is 26.2 Å². The molecule has 7 heteroatoms. The molecule has 0 aliphatic heterocycles. The van der Waals surface area contributed by atoms with Crippen LogP contribution >= 0.6 is 15.9 Å². The molecule has 0 unspecified atom stereocenters. The number of halogens is 1. The molecule has 1 atom stereocenters. The van der Waals surface area contributed by atoms with Gasteiger partial charge >= 0.3 is 0 Å². The van der Waals surface area contributed by atoms with Crippen LogP contribution in [0, 0.1) is 0 Å². The van der Waals surface area contributed by atoms with E-state index in [1.165, 1.54) is 4.90 Å². The summed E-state index contributed by atoms with van der Waals surface area (Å²) in [6.45, 7) is 4.21. The monoisotopic (exact) mass is 448 g/mol. The van der Waals surface area contributed by atoms with Gasteiger partial charge in [0.15, 0.2) is 6.61 Å². The Bertz CT molecular complexity index is 778. The number of ether oxygens (including phenoxy) is 2. The molecule has 150 valence electrons. The lowest BCUT2D eigenvalue weighted by atomic mass is 10.1. The highest BCUT2D eigenvalue weighted by molar-refractivity contribution is 9.10. The van der Waals surface area contributed by atoms with Gasteiger partial charge in [0.25, 0.3) is 5.91 Å². The Hall–Kier alpha value is -2.54. The molecule has 0 saturated heterocycles. The third-order valence-corrected chi connectivity index (χ3v) is 4.73. The Balaban J connectivity index is 2.11. The number of carbonyl (C=O) groups excluding carboxylic acids is 2. The number of amides is 2. The Labute approximate surface area is 174 Å². The van der Waals surface area contributed by atoms with Crippen LogP contribution in [0.4, 0.5) is 0 Å². The third-order valence-electron chi connectivity index (χ3n) is 4.21. The topological polar surface area (TPSA) is 67.9 Å². The van der Waals surface area contributed by atoms with Crippen molar-refractivity contribution in [2.75, 3.05) is 20.3 Å². The van der Waals surface area contributed by atoms with Crippen LogP contribution in [0.25, 0.3) is 0 Å². The molecular weight excluding hydrogens is 424 g/mol. The minimum absolute atomic E-state index is 0.151. The Morgan fingerprint density at radius 2 is 1.68 bits per heavy atom. The summed E-state index contributed by atoms with van der Waals surface area (Å²) in [5.41, 5.74) is 0.897. The van der Waals surface area contributed by atoms with Crippen molar-refractivity contribution in [3.8, 4) is 11.5 Å². The van der Waals surface area contributed by atoms with Gasteiger partial charge in [-0.15, -0.1) is 0 Å². The van der Waals surface area contributed by atoms with Crippen molar-refractivity contribution in [3.63, 3.8) is 0 Å². The number of carbonyl (C=O) groups is 2. The normalized spacial score (nSPS) is 11.4. The molecule has 0 bridgehead atoms. The molecule has 2 aromatic rings. The minimum atomic E-state index is -0.622. The van der Waals surface area contributed by atoms with E-state index in [4.69, 9.17) is 9.47 Å². The first-order chi connectivity index (χ1) is 13.4. The van der Waals surface area contributed by atoms with E-state index in [-0.39, 0.29) is 18.4 Å². The second-order valence-corrected chi connectivity index (χ2v) is 7.10. The second kappa shape index (κ2) is 10.7. The maximum Gasteiger partial charge on any atom is 0.261 e. The molecule has 28 heavy (non-hydrogen) atoms. The zero-order valence-electron chi connectivity index (χ0n) is 16.3. The summed E-state index contributed by atoms with van der Waals surface area (Å²) in [6, 6.07) is 14.0. The van der Waals surface area contributed by atoms with Gasteiger partial charge in [-0.1, -0.05) is 28.1 Å². The van der Waals surface area contributed by atoms with Gasteiger partial charge in [-0.2, -0.15) is 0 Å². The maximum atomic E-state index is 12.8. The fourth-order valence-corrected chi connectivity index (χ4v) is 2.86. The maximum absolute atomic E-state index is 12.8. The molecule has 0 aromatic heterocycles. The van der Waals surface area contributed by atoms with Crippen LogP contribution < -0.4 is 14.8 Å². The lowest BCUT2D eigenvalue weighted by molar-refractivity contribution is -0.142. The molecule has 2 rings (SSSR count). The minimum Gasteiger partial charge on any atom is -0.497 e. The van der Waals surface area contributed by atoms with E-state index >= 15 is 0 Å². The van der Waals surface area contributed by atoms with Crippen molar-refractivity contribution in [3.05, 3.63) is 58.6 Å². The van der Waals surface area contributed by atoms with Gasteiger partial charge in [-0.05, 0) is 55.8 Å². The standard InChI is InChI=1S/C21H25BrN2O4/c1-4-23-21(26)15(2)24(13-16-5-9-18(27-3)10-6-16)20(25)14-28-19-11-7-17(22)8-12-19/h5-12,15H,4,13-14H2,1-3H3,(H,23,26)/t15-/m0/s1. The molecule has 1 N–H and O–H groups in total. The summed E-state index contributed by atoms with van der Waals surface area (Å²) in [7, 11) is 1.60. The largest absolute Gasteiger partial charge is 0.497 e. The van der Waals surface area contributed by atoms with Crippen LogP contribution in [-0.4, -0.2) is 43.0 Å². The average Bonchev–Trinajstić information content (AvgIpc) is 2.71. The van der Waals surface area contributed by atoms with Crippen molar-refractivity contribution >= 4 is 27.7 Å². The summed E-state index contributed by atoms with van der Waals surface area (Å²) in [6.07, 6.45) is 0. The summed E-state index contributed by atoms with van der Waals surface area (Å²) in [5.74, 6) is 0.856. The SMILES string of the molecule is CCNC(=O)[C@H](C)N(Cc1ccc(OC)cc1)C(=O)COc1ccc(Br)cc1. The van der Waals surface area contributed by atoms with Crippen molar-refractivity contribution in [2.45, 2.75) is 26.4 Å². The number of nitrogens with zero attached hydrogens (tertiary/aromatic N) is 1. The van der Waals surface area contributed by atoms with Crippen molar-refractivity contribution < 1.29 is 19.1 Å². The number of likely N-dealkylation sites (N-methyl/N-ethyl adjacent to an activating group) is 1. The Kier molecular flexibility index (Phi) is 8.32. The first-order valence-corrected chi connectivity index (χ1v) is 9.82. The van der Waals surface area contributed by atoms with Crippen LogP contribution in [0.15, 0.2) is 53.0 Å². The molecule has 2 aromatic carbocycles. The number of nitrogens with one attached hydrogen (secondary N) is 1. The molecule has 6 nitrogen and oxygen atoms in total. The Morgan fingerprint density at radius 3 is 2.25 bits per heavy atom. The van der Waals surface area contributed by atoms with Gasteiger partial charge in [0.05, 0.1) is 7.11 Å². The van der Waals surface area contributed by atoms with Gasteiger partial charge in [-0.25, -0.2) is 0 Å². The van der Waals surface area contributed by atoms with Gasteiger partial charge in [0.2, 0.25) is 5.91 Å². The number of benzene rings is 2. The molecule has 2 amide bonds. The predicted molar refractivity (Wildman–Crippen MR) is 111 cm³/mol. The Morgan fingerprint density at radius 1 is 1.07 bits per heavy atom. The van der Waals surface area contributed by atoms with E-state index < -0.39 is 6.04 Å². The average molecular weight is 449 g/mol. The molecule has 0 radical (unpaired) electrons. The molecule has 0 aliphatic carbocycles. The number of rotatable bonds is 9. The number of methoxy groups -OCH3 is 1. The highest BCUT2D eigenvalue weighted by Crippen LogP contribution is 2.18. The first-order valence-electron chi connectivity index (χ1n) is 9.03. The summed E-state index contributed by atoms with van der Waals surface area (Å²) < 4.78 is 11.7. The highest BCUT2D eigenvalue weighted by Gasteiger charge is 2.26. The smallest absolute Gasteiger partial charge is 0.261 e. The second-order valence-electron chi connectivity index (χ2n) is 6.18. The van der Waals surface area contributed by atoms with Crippen LogP contribution in [0.5, 0.6) is 11.5 Å². The van der Waals surface area contributed by atoms with E-state index in [9.17, 15) is 9.59 Å². The van der Waals surface area contributed by atoms with Crippen molar-refractivity contribution in [1.29, 1.82) is 0 Å². The van der Waals surface area contributed by atoms with Crippen LogP contribution in [0.3, 0.4) is 0 Å². The fraction of sp³-hybridized carbons (Fsp3) is 0.333. The quantitative estimate of drug-likeness (QED) is 0.638. The number of hydrogen-bond acceptors (Lipinski definition) is 4. The zero-order valence-corrected chi connectivity index (χ0v) is 17.9. The highest BCUT2D eigenvalue weighted by atomic mass is 79.9. The van der Waals surface area contributed by atoms with Crippen LogP contribution in [0.1, 0.15) is 19.4 Å². The molecule has 0 aliphatic rings. The van der Waals surface area contributed by atoms with E-state index in [0.29, 0.717) is 18.8 Å². The summed E-state index contributed by atoms with van der Waals surface area (Å²) >= 11 is 3.36. The van der Waals surface area contributed by atoms with E-state index in [2.05, 4.69) is 21.2 Å². The fourth-order valence-electron chi connectivity index (χ4n) is 2.59. The summed E-state index contributed by atoms with van der Waals surface area (Å²) in [5, 5.41) is 2.77. The van der Waals surface area contributed by atoms with Gasteiger partial charge in [0.1, 0.15) is 17.5 Å². The van der Waals surface area contributed by atoms with E-state index in [1.807, 2.05) is 43.3 Å². The zero-order chi connectivity index (χ0) is 20.5. The molecule has 0 heterocycles. The summed E-state index contributed by atoms with van der Waals surface area (Å²) in [4.78, 5) is 26.7. The predicted octanol–water partition coefficient (Wildman–Crippen LogP) is 3.39. The first kappa shape index (κ1) is 21.8. The molecule has 0 saturated carbocycles. The lowest BCUT2D eigenvalue weighted by Crippen LogP contribution is -2.49. The molecule has 0 spiro atoms. The third kappa shape index (κ3) is 6.27. The van der Waals surface area contributed by atoms with Crippen LogP contribution in [0.2, 0.25) is 0 Å². The lowest BCUT2D eigenvalue weighted by Gasteiger charge is -2.28. The van der Waals surface area contributed by atoms with Crippen molar-refractivity contribution in [1.82, 2.24) is 10.2 Å². The van der Waals surface area contributed by atoms with Gasteiger partial charge < -0.3 is 19.7 Å².